The highest BCUT2D eigenvalue weighted by molar-refractivity contribution is 9.10. The maximum absolute atomic E-state index is 5.86. The van der Waals surface area contributed by atoms with Crippen LogP contribution < -0.4 is 5.73 Å². The molecule has 0 unspecified atom stereocenters. The van der Waals surface area contributed by atoms with Crippen molar-refractivity contribution in [2.75, 3.05) is 5.73 Å². The lowest BCUT2D eigenvalue weighted by molar-refractivity contribution is 0.996. The van der Waals surface area contributed by atoms with Gasteiger partial charge in [-0.2, -0.15) is 0 Å². The minimum Gasteiger partial charge on any atom is -0.383 e. The van der Waals surface area contributed by atoms with Crippen LogP contribution >= 0.6 is 31.9 Å². The zero-order chi connectivity index (χ0) is 12.4. The Labute approximate surface area is 117 Å². The van der Waals surface area contributed by atoms with Gasteiger partial charge in [0, 0.05) is 10.0 Å². The fraction of sp³-hybridized carbons (Fsp3) is 0.167. The van der Waals surface area contributed by atoms with Gasteiger partial charge in [0.1, 0.15) is 5.82 Å². The number of benzene rings is 1. The molecule has 0 aliphatic rings. The van der Waals surface area contributed by atoms with Crippen molar-refractivity contribution in [3.05, 3.63) is 38.9 Å². The number of rotatable bonds is 2. The van der Waals surface area contributed by atoms with Gasteiger partial charge in [-0.05, 0) is 34.5 Å². The van der Waals surface area contributed by atoms with Crippen LogP contribution in [0.4, 0.5) is 5.82 Å². The molecule has 0 aliphatic heterocycles. The van der Waals surface area contributed by atoms with Crippen LogP contribution in [-0.4, -0.2) is 9.97 Å². The molecule has 5 heteroatoms. The van der Waals surface area contributed by atoms with Crippen molar-refractivity contribution < 1.29 is 0 Å². The highest BCUT2D eigenvalue weighted by Crippen LogP contribution is 2.26. The van der Waals surface area contributed by atoms with Crippen LogP contribution in [0.2, 0.25) is 0 Å². The molecule has 2 aromatic rings. The van der Waals surface area contributed by atoms with Gasteiger partial charge in [0.15, 0.2) is 5.82 Å². The third-order valence-corrected chi connectivity index (χ3v) is 3.78. The number of hydrogen-bond acceptors (Lipinski definition) is 3. The summed E-state index contributed by atoms with van der Waals surface area (Å²) >= 11 is 6.80. The van der Waals surface area contributed by atoms with Gasteiger partial charge in [0.2, 0.25) is 0 Å². The second-order valence-corrected chi connectivity index (χ2v) is 5.26. The van der Waals surface area contributed by atoms with E-state index in [4.69, 9.17) is 5.73 Å². The van der Waals surface area contributed by atoms with E-state index in [1.165, 1.54) is 0 Å². The number of nitrogens with zero attached hydrogens (tertiary/aromatic N) is 2. The Morgan fingerprint density at radius 3 is 2.35 bits per heavy atom. The summed E-state index contributed by atoms with van der Waals surface area (Å²) in [5.41, 5.74) is 7.74. The first-order valence-corrected chi connectivity index (χ1v) is 6.78. The Kier molecular flexibility index (Phi) is 3.79. The van der Waals surface area contributed by atoms with Crippen LogP contribution in [0.15, 0.2) is 33.2 Å². The third kappa shape index (κ3) is 2.66. The Morgan fingerprint density at radius 2 is 1.76 bits per heavy atom. The third-order valence-electron chi connectivity index (χ3n) is 2.38. The van der Waals surface area contributed by atoms with Gasteiger partial charge in [-0.25, -0.2) is 9.97 Å². The van der Waals surface area contributed by atoms with E-state index in [1.807, 2.05) is 31.2 Å². The molecule has 0 bridgehead atoms. The summed E-state index contributed by atoms with van der Waals surface area (Å²) in [6, 6.07) is 7.85. The van der Waals surface area contributed by atoms with Crippen molar-refractivity contribution in [1.29, 1.82) is 0 Å². The molecule has 0 saturated carbocycles. The molecule has 2 rings (SSSR count). The Balaban J connectivity index is 2.52. The first kappa shape index (κ1) is 12.5. The predicted molar refractivity (Wildman–Crippen MR) is 76.7 cm³/mol. The summed E-state index contributed by atoms with van der Waals surface area (Å²) in [6.45, 7) is 2.04. The molecule has 2 N–H and O–H groups in total. The van der Waals surface area contributed by atoms with Gasteiger partial charge in [-0.15, -0.1) is 0 Å². The number of nitrogens with two attached hydrogens (primary N) is 1. The normalized spacial score (nSPS) is 10.5. The fourth-order valence-corrected chi connectivity index (χ4v) is 2.20. The summed E-state index contributed by atoms with van der Waals surface area (Å²) in [6.07, 6.45) is 0.816. The van der Waals surface area contributed by atoms with Crippen molar-refractivity contribution in [1.82, 2.24) is 9.97 Å². The van der Waals surface area contributed by atoms with Gasteiger partial charge < -0.3 is 5.73 Å². The number of aromatic nitrogens is 2. The maximum Gasteiger partial charge on any atom is 0.161 e. The highest BCUT2D eigenvalue weighted by Gasteiger charge is 2.09. The van der Waals surface area contributed by atoms with Crippen LogP contribution in [0.5, 0.6) is 0 Å². The lowest BCUT2D eigenvalue weighted by atomic mass is 10.2. The number of hydrogen-bond donors (Lipinski definition) is 1. The molecule has 0 aliphatic carbocycles. The van der Waals surface area contributed by atoms with Gasteiger partial charge in [-0.3, -0.25) is 0 Å². The second kappa shape index (κ2) is 5.14. The lowest BCUT2D eigenvalue weighted by Crippen LogP contribution is -2.02. The smallest absolute Gasteiger partial charge is 0.161 e. The van der Waals surface area contributed by atoms with E-state index in [9.17, 15) is 0 Å². The molecule has 0 saturated heterocycles. The first-order chi connectivity index (χ1) is 8.11. The Hall–Kier alpha value is -0.940. The van der Waals surface area contributed by atoms with Gasteiger partial charge >= 0.3 is 0 Å². The van der Waals surface area contributed by atoms with Gasteiger partial charge in [0.25, 0.3) is 0 Å². The van der Waals surface area contributed by atoms with E-state index in [2.05, 4.69) is 41.8 Å². The van der Waals surface area contributed by atoms with Crippen LogP contribution in [0.1, 0.15) is 12.6 Å². The Morgan fingerprint density at radius 1 is 1.12 bits per heavy atom. The number of aryl methyl sites for hydroxylation is 1. The summed E-state index contributed by atoms with van der Waals surface area (Å²) in [4.78, 5) is 8.78. The van der Waals surface area contributed by atoms with Gasteiger partial charge in [0.05, 0.1) is 10.2 Å². The quantitative estimate of drug-likeness (QED) is 0.889. The number of halogens is 2. The monoisotopic (exact) mass is 355 g/mol. The fourth-order valence-electron chi connectivity index (χ4n) is 1.48. The number of anilines is 1. The lowest BCUT2D eigenvalue weighted by Gasteiger charge is -2.07. The van der Waals surface area contributed by atoms with E-state index in [0.717, 1.165) is 26.6 Å². The second-order valence-electron chi connectivity index (χ2n) is 3.55. The average Bonchev–Trinajstić information content (AvgIpc) is 2.33. The van der Waals surface area contributed by atoms with Gasteiger partial charge in [-0.1, -0.05) is 35.0 Å². The van der Waals surface area contributed by atoms with E-state index in [-0.39, 0.29) is 0 Å². The molecule has 0 amide bonds. The molecule has 0 atom stereocenters. The molecule has 88 valence electrons. The summed E-state index contributed by atoms with van der Waals surface area (Å²) in [5.74, 6) is 1.14. The average molecular weight is 357 g/mol. The van der Waals surface area contributed by atoms with E-state index in [1.54, 1.807) is 0 Å². The molecule has 3 nitrogen and oxygen atoms in total. The van der Waals surface area contributed by atoms with Crippen molar-refractivity contribution in [3.8, 4) is 11.4 Å². The first-order valence-electron chi connectivity index (χ1n) is 5.19. The minimum absolute atomic E-state index is 0.481. The van der Waals surface area contributed by atoms with Crippen molar-refractivity contribution in [3.63, 3.8) is 0 Å². The predicted octanol–water partition coefficient (Wildman–Crippen LogP) is 3.81. The van der Waals surface area contributed by atoms with E-state index >= 15 is 0 Å². The SMILES string of the molecule is CCc1nc(-c2ccc(Br)cc2)nc(N)c1Br. The summed E-state index contributed by atoms with van der Waals surface area (Å²) < 4.78 is 1.82. The number of nitrogen functional groups attached to an aromatic ring is 1. The zero-order valence-corrected chi connectivity index (χ0v) is 12.4. The van der Waals surface area contributed by atoms with Crippen LogP contribution in [0.25, 0.3) is 11.4 Å². The van der Waals surface area contributed by atoms with Crippen LogP contribution in [0, 0.1) is 0 Å². The molecule has 0 fully saturated rings. The minimum atomic E-state index is 0.481. The summed E-state index contributed by atoms with van der Waals surface area (Å²) in [7, 11) is 0. The molecule has 1 aromatic heterocycles. The Bertz CT molecular complexity index is 538. The van der Waals surface area contributed by atoms with Crippen LogP contribution in [-0.2, 0) is 6.42 Å². The molecular weight excluding hydrogens is 346 g/mol. The molecular formula is C12H11Br2N3. The molecule has 1 heterocycles. The molecule has 17 heavy (non-hydrogen) atoms. The van der Waals surface area contributed by atoms with Crippen LogP contribution in [0.3, 0.4) is 0 Å². The van der Waals surface area contributed by atoms with E-state index in [0.29, 0.717) is 11.6 Å². The molecule has 0 spiro atoms. The highest BCUT2D eigenvalue weighted by atomic mass is 79.9. The molecule has 0 radical (unpaired) electrons. The largest absolute Gasteiger partial charge is 0.383 e. The van der Waals surface area contributed by atoms with Crippen molar-refractivity contribution in [2.45, 2.75) is 13.3 Å². The topological polar surface area (TPSA) is 51.8 Å². The van der Waals surface area contributed by atoms with Crippen molar-refractivity contribution in [2.24, 2.45) is 0 Å². The maximum atomic E-state index is 5.86. The van der Waals surface area contributed by atoms with Crippen molar-refractivity contribution >= 4 is 37.7 Å². The van der Waals surface area contributed by atoms with E-state index < -0.39 is 0 Å². The molecule has 1 aromatic carbocycles. The zero-order valence-electron chi connectivity index (χ0n) is 9.24. The standard InChI is InChI=1S/C12H11Br2N3/c1-2-9-10(14)11(15)17-12(16-9)7-3-5-8(13)6-4-7/h3-6H,2H2,1H3,(H2,15,16,17). The summed E-state index contributed by atoms with van der Waals surface area (Å²) in [5, 5.41) is 0.